The van der Waals surface area contributed by atoms with Gasteiger partial charge in [0.2, 0.25) is 11.8 Å². The maximum absolute atomic E-state index is 13.2. The second kappa shape index (κ2) is 12.9. The summed E-state index contributed by atoms with van der Waals surface area (Å²) in [6, 6.07) is 3.73. The van der Waals surface area contributed by atoms with Crippen molar-refractivity contribution in [1.82, 2.24) is 15.5 Å². The highest BCUT2D eigenvalue weighted by Crippen LogP contribution is 2.24. The molecule has 0 aromatic heterocycles. The predicted molar refractivity (Wildman–Crippen MR) is 121 cm³/mol. The van der Waals surface area contributed by atoms with Gasteiger partial charge in [-0.3, -0.25) is 9.59 Å². The fraction of sp³-hybridized carbons (Fsp3) is 0.609. The Morgan fingerprint density at radius 3 is 2.22 bits per heavy atom. The summed E-state index contributed by atoms with van der Waals surface area (Å²) in [4.78, 5) is 39.7. The Morgan fingerprint density at radius 1 is 1.09 bits per heavy atom. The number of alkyl carbamates (subject to hydrolysis) is 1. The van der Waals surface area contributed by atoms with Crippen molar-refractivity contribution in [2.45, 2.75) is 71.6 Å². The smallest absolute Gasteiger partial charge is 0.408 e. The molecule has 0 fully saturated rings. The molecule has 0 radical (unpaired) electrons. The van der Waals surface area contributed by atoms with Crippen LogP contribution in [-0.4, -0.2) is 64.4 Å². The molecule has 0 bridgehead atoms. The van der Waals surface area contributed by atoms with Gasteiger partial charge in [0, 0.05) is 13.1 Å². The third kappa shape index (κ3) is 8.74. The molecular formula is C23H37N3O6. The monoisotopic (exact) mass is 451 g/mol. The summed E-state index contributed by atoms with van der Waals surface area (Å²) < 4.78 is 5.18. The molecule has 4 N–H and O–H groups in total. The van der Waals surface area contributed by atoms with Crippen LogP contribution in [0.4, 0.5) is 4.79 Å². The van der Waals surface area contributed by atoms with Crippen LogP contribution < -0.4 is 10.6 Å². The zero-order valence-corrected chi connectivity index (χ0v) is 19.7. The summed E-state index contributed by atoms with van der Waals surface area (Å²) in [7, 11) is 0. The number of aliphatic hydroxyl groups excluding tert-OH is 1. The van der Waals surface area contributed by atoms with Crippen LogP contribution in [-0.2, 0) is 14.3 Å². The Hall–Kier alpha value is -2.81. The summed E-state index contributed by atoms with van der Waals surface area (Å²) in [5, 5.41) is 24.6. The van der Waals surface area contributed by atoms with E-state index in [0.717, 1.165) is 19.3 Å². The number of unbranched alkanes of at least 4 members (excludes halogenated alkanes) is 2. The van der Waals surface area contributed by atoms with Crippen LogP contribution in [0.5, 0.6) is 5.75 Å². The minimum absolute atomic E-state index is 0.0325. The van der Waals surface area contributed by atoms with Crippen molar-refractivity contribution < 1.29 is 29.3 Å². The van der Waals surface area contributed by atoms with E-state index >= 15 is 0 Å². The van der Waals surface area contributed by atoms with Gasteiger partial charge in [-0.25, -0.2) is 4.79 Å². The van der Waals surface area contributed by atoms with E-state index in [9.17, 15) is 24.6 Å². The van der Waals surface area contributed by atoms with E-state index in [4.69, 9.17) is 4.74 Å². The van der Waals surface area contributed by atoms with Gasteiger partial charge in [-0.1, -0.05) is 31.9 Å². The Bertz CT molecular complexity index is 745. The molecule has 1 aromatic rings. The predicted octanol–water partition coefficient (Wildman–Crippen LogP) is 2.47. The molecule has 0 heterocycles. The quantitative estimate of drug-likeness (QED) is 0.383. The molecule has 9 nitrogen and oxygen atoms in total. The van der Waals surface area contributed by atoms with Crippen molar-refractivity contribution in [2.24, 2.45) is 0 Å². The lowest BCUT2D eigenvalue weighted by atomic mass is 10.0. The van der Waals surface area contributed by atoms with Crippen LogP contribution in [0.1, 0.15) is 65.5 Å². The minimum atomic E-state index is -1.28. The molecule has 0 spiro atoms. The van der Waals surface area contributed by atoms with E-state index in [2.05, 4.69) is 17.6 Å². The summed E-state index contributed by atoms with van der Waals surface area (Å²) in [5.74, 6) is -0.969. The number of carbonyl (C=O) groups is 3. The molecule has 0 aliphatic heterocycles. The van der Waals surface area contributed by atoms with Crippen LogP contribution >= 0.6 is 0 Å². The second-order valence-corrected chi connectivity index (χ2v) is 8.50. The fourth-order valence-corrected chi connectivity index (χ4v) is 3.11. The minimum Gasteiger partial charge on any atom is -0.508 e. The normalized spacial score (nSPS) is 13.1. The van der Waals surface area contributed by atoms with Crippen molar-refractivity contribution in [3.8, 4) is 5.75 Å². The van der Waals surface area contributed by atoms with E-state index in [1.165, 1.54) is 17.0 Å². The van der Waals surface area contributed by atoms with Gasteiger partial charge in [0.15, 0.2) is 0 Å². The molecule has 2 atom stereocenters. The van der Waals surface area contributed by atoms with Gasteiger partial charge in [0.1, 0.15) is 23.4 Å². The summed E-state index contributed by atoms with van der Waals surface area (Å²) in [5.41, 5.74) is -0.273. The number of benzene rings is 1. The summed E-state index contributed by atoms with van der Waals surface area (Å²) in [6.07, 6.45) is 1.94. The van der Waals surface area contributed by atoms with E-state index in [-0.39, 0.29) is 18.2 Å². The lowest BCUT2D eigenvalue weighted by Crippen LogP contribution is -2.54. The molecule has 0 saturated carbocycles. The second-order valence-electron chi connectivity index (χ2n) is 8.50. The van der Waals surface area contributed by atoms with Crippen LogP contribution in [0.15, 0.2) is 24.3 Å². The molecule has 0 saturated heterocycles. The van der Waals surface area contributed by atoms with Crippen LogP contribution in [0.25, 0.3) is 0 Å². The number of phenols is 1. The highest BCUT2D eigenvalue weighted by Gasteiger charge is 2.35. The Labute approximate surface area is 190 Å². The van der Waals surface area contributed by atoms with E-state index in [1.54, 1.807) is 39.8 Å². The largest absolute Gasteiger partial charge is 0.508 e. The number of hydrogen-bond acceptors (Lipinski definition) is 6. The SMILES string of the molecule is CCCCCNC(=O)C(c1ccc(O)cc1)N(CC)C(=O)C(CO)NC(=O)OC(C)(C)C. The van der Waals surface area contributed by atoms with Gasteiger partial charge in [-0.2, -0.15) is 0 Å². The van der Waals surface area contributed by atoms with E-state index in [0.29, 0.717) is 12.1 Å². The van der Waals surface area contributed by atoms with Crippen molar-refractivity contribution in [3.05, 3.63) is 29.8 Å². The van der Waals surface area contributed by atoms with Gasteiger partial charge < -0.3 is 30.5 Å². The highest BCUT2D eigenvalue weighted by atomic mass is 16.6. The number of ether oxygens (including phenoxy) is 1. The fourth-order valence-electron chi connectivity index (χ4n) is 3.11. The third-order valence-corrected chi connectivity index (χ3v) is 4.64. The molecule has 0 aliphatic carbocycles. The first-order valence-electron chi connectivity index (χ1n) is 11.0. The van der Waals surface area contributed by atoms with Gasteiger partial charge in [-0.05, 0) is 51.8 Å². The topological polar surface area (TPSA) is 128 Å². The Kier molecular flexibility index (Phi) is 11.0. The lowest BCUT2D eigenvalue weighted by Gasteiger charge is -2.33. The number of amides is 3. The molecule has 1 rings (SSSR count). The molecule has 3 amide bonds. The number of phenolic OH excluding ortho intramolecular Hbond substituents is 1. The molecule has 0 aliphatic rings. The molecule has 180 valence electrons. The first-order chi connectivity index (χ1) is 15.0. The maximum atomic E-state index is 13.2. The number of nitrogens with zero attached hydrogens (tertiary/aromatic N) is 1. The summed E-state index contributed by atoms with van der Waals surface area (Å²) >= 11 is 0. The number of nitrogens with one attached hydrogen (secondary N) is 2. The first-order valence-corrected chi connectivity index (χ1v) is 11.0. The van der Waals surface area contributed by atoms with Gasteiger partial charge in [0.05, 0.1) is 6.61 Å². The first kappa shape index (κ1) is 27.2. The highest BCUT2D eigenvalue weighted by molar-refractivity contribution is 5.92. The van der Waals surface area contributed by atoms with Gasteiger partial charge >= 0.3 is 6.09 Å². The number of aromatic hydroxyl groups is 1. The number of carbonyl (C=O) groups excluding carboxylic acids is 3. The van der Waals surface area contributed by atoms with E-state index < -0.39 is 36.3 Å². The van der Waals surface area contributed by atoms with Crippen molar-refractivity contribution in [3.63, 3.8) is 0 Å². The third-order valence-electron chi connectivity index (χ3n) is 4.64. The maximum Gasteiger partial charge on any atom is 0.408 e. The average molecular weight is 452 g/mol. The van der Waals surface area contributed by atoms with Crippen LogP contribution in [0, 0.1) is 0 Å². The molecule has 2 unspecified atom stereocenters. The van der Waals surface area contributed by atoms with Crippen molar-refractivity contribution >= 4 is 17.9 Å². The standard InChI is InChI=1S/C23H37N3O6/c1-6-8-9-14-24-20(29)19(16-10-12-17(28)13-11-16)26(7-2)21(30)18(15-27)25-22(31)32-23(3,4)5/h10-13,18-19,27-28H,6-9,14-15H2,1-5H3,(H,24,29)(H,25,31). The Morgan fingerprint density at radius 2 is 1.72 bits per heavy atom. The van der Waals surface area contributed by atoms with E-state index in [1.807, 2.05) is 0 Å². The Balaban J connectivity index is 3.14. The van der Waals surface area contributed by atoms with Crippen molar-refractivity contribution in [1.29, 1.82) is 0 Å². The van der Waals surface area contributed by atoms with Gasteiger partial charge in [-0.15, -0.1) is 0 Å². The van der Waals surface area contributed by atoms with Crippen molar-refractivity contribution in [2.75, 3.05) is 19.7 Å². The zero-order chi connectivity index (χ0) is 24.3. The lowest BCUT2D eigenvalue weighted by molar-refractivity contribution is -0.143. The average Bonchev–Trinajstić information content (AvgIpc) is 2.72. The van der Waals surface area contributed by atoms with Crippen LogP contribution in [0.3, 0.4) is 0 Å². The molecular weight excluding hydrogens is 414 g/mol. The van der Waals surface area contributed by atoms with Gasteiger partial charge in [0.25, 0.3) is 0 Å². The van der Waals surface area contributed by atoms with Crippen LogP contribution in [0.2, 0.25) is 0 Å². The molecule has 1 aromatic carbocycles. The number of hydrogen-bond donors (Lipinski definition) is 4. The number of rotatable bonds is 11. The zero-order valence-electron chi connectivity index (χ0n) is 19.7. The summed E-state index contributed by atoms with van der Waals surface area (Å²) in [6.45, 7) is 8.78. The molecule has 32 heavy (non-hydrogen) atoms. The number of aliphatic hydroxyl groups is 1. The molecule has 9 heteroatoms. The number of likely N-dealkylation sites (N-methyl/N-ethyl adjacent to an activating group) is 1.